The van der Waals surface area contributed by atoms with Gasteiger partial charge in [-0.05, 0) is 55.9 Å². The van der Waals surface area contributed by atoms with Gasteiger partial charge in [0.2, 0.25) is 11.7 Å². The third-order valence-electron chi connectivity index (χ3n) is 5.23. The summed E-state index contributed by atoms with van der Waals surface area (Å²) >= 11 is 0. The average Bonchev–Trinajstić information content (AvgIpc) is 3.22. The molecular formula is C23H25N3O3. The van der Waals surface area contributed by atoms with E-state index >= 15 is 0 Å². The summed E-state index contributed by atoms with van der Waals surface area (Å²) < 4.78 is 11.2. The van der Waals surface area contributed by atoms with Gasteiger partial charge in [0, 0.05) is 12.6 Å². The predicted octanol–water partition coefficient (Wildman–Crippen LogP) is 4.04. The molecule has 0 saturated carbocycles. The summed E-state index contributed by atoms with van der Waals surface area (Å²) in [4.78, 5) is 18.7. The van der Waals surface area contributed by atoms with Crippen molar-refractivity contribution < 1.29 is 14.1 Å². The van der Waals surface area contributed by atoms with Crippen LogP contribution in [0.5, 0.6) is 5.75 Å². The Hall–Kier alpha value is -3.15. The van der Waals surface area contributed by atoms with Crippen LogP contribution in [-0.4, -0.2) is 34.1 Å². The van der Waals surface area contributed by atoms with Gasteiger partial charge in [0.1, 0.15) is 5.75 Å². The first kappa shape index (κ1) is 19.2. The molecule has 6 heteroatoms. The monoisotopic (exact) mass is 391 g/mol. The molecule has 1 unspecified atom stereocenters. The predicted molar refractivity (Wildman–Crippen MR) is 109 cm³/mol. The first-order valence-corrected chi connectivity index (χ1v) is 10.0. The first-order chi connectivity index (χ1) is 14.1. The van der Waals surface area contributed by atoms with Crippen LogP contribution in [0.2, 0.25) is 0 Å². The van der Waals surface area contributed by atoms with Crippen molar-refractivity contribution in [3.63, 3.8) is 0 Å². The van der Waals surface area contributed by atoms with Gasteiger partial charge in [-0.2, -0.15) is 4.98 Å². The highest BCUT2D eigenvalue weighted by molar-refractivity contribution is 5.80. The summed E-state index contributed by atoms with van der Waals surface area (Å²) in [7, 11) is 1.71. The Morgan fingerprint density at radius 2 is 1.90 bits per heavy atom. The van der Waals surface area contributed by atoms with Crippen molar-refractivity contribution in [2.24, 2.45) is 0 Å². The minimum atomic E-state index is -0.599. The lowest BCUT2D eigenvalue weighted by Gasteiger charge is -2.22. The smallest absolute Gasteiger partial charge is 0.263 e. The van der Waals surface area contributed by atoms with E-state index in [0.717, 1.165) is 24.2 Å². The molecule has 1 amide bonds. The molecule has 0 spiro atoms. The topological polar surface area (TPSA) is 68.5 Å². The van der Waals surface area contributed by atoms with E-state index in [2.05, 4.69) is 22.3 Å². The molecule has 0 radical (unpaired) electrons. The molecule has 0 aliphatic heterocycles. The number of aryl methyl sites for hydroxylation is 2. The third kappa shape index (κ3) is 4.47. The maximum atomic E-state index is 12.7. The van der Waals surface area contributed by atoms with Crippen LogP contribution >= 0.6 is 0 Å². The summed E-state index contributed by atoms with van der Waals surface area (Å²) in [5.41, 5.74) is 3.60. The summed E-state index contributed by atoms with van der Waals surface area (Å²) in [6.07, 6.45) is 4.06. The number of hydrogen-bond donors (Lipinski definition) is 0. The van der Waals surface area contributed by atoms with E-state index in [1.165, 1.54) is 24.0 Å². The molecule has 1 atom stereocenters. The number of benzene rings is 2. The van der Waals surface area contributed by atoms with Crippen molar-refractivity contribution in [2.45, 2.75) is 45.3 Å². The largest absolute Gasteiger partial charge is 0.481 e. The van der Waals surface area contributed by atoms with Gasteiger partial charge in [0.15, 0.2) is 6.10 Å². The molecule has 4 rings (SSSR count). The zero-order chi connectivity index (χ0) is 20.2. The van der Waals surface area contributed by atoms with Crippen LogP contribution in [0.25, 0.3) is 11.4 Å². The third-order valence-corrected chi connectivity index (χ3v) is 5.23. The van der Waals surface area contributed by atoms with Crippen LogP contribution in [0.1, 0.15) is 36.8 Å². The number of carbonyl (C=O) groups excluding carboxylic acids is 1. The van der Waals surface area contributed by atoms with E-state index in [4.69, 9.17) is 9.26 Å². The van der Waals surface area contributed by atoms with Crippen LogP contribution in [0.15, 0.2) is 53.1 Å². The molecule has 0 N–H and O–H groups in total. The Balaban J connectivity index is 1.37. The Morgan fingerprint density at radius 1 is 1.14 bits per heavy atom. The second kappa shape index (κ2) is 8.47. The van der Waals surface area contributed by atoms with Crippen LogP contribution in [-0.2, 0) is 24.2 Å². The lowest BCUT2D eigenvalue weighted by molar-refractivity contribution is -0.137. The normalized spacial score (nSPS) is 14.1. The molecule has 2 aromatic carbocycles. The fourth-order valence-electron chi connectivity index (χ4n) is 3.65. The second-order valence-corrected chi connectivity index (χ2v) is 7.47. The van der Waals surface area contributed by atoms with Crippen molar-refractivity contribution in [3.8, 4) is 17.1 Å². The van der Waals surface area contributed by atoms with Gasteiger partial charge < -0.3 is 14.2 Å². The maximum absolute atomic E-state index is 12.7. The molecule has 1 aliphatic carbocycles. The number of rotatable bonds is 6. The van der Waals surface area contributed by atoms with Gasteiger partial charge in [-0.3, -0.25) is 4.79 Å². The van der Waals surface area contributed by atoms with E-state index in [0.29, 0.717) is 11.7 Å². The number of amides is 1. The molecule has 150 valence electrons. The molecule has 3 aromatic rings. The Bertz CT molecular complexity index is 984. The maximum Gasteiger partial charge on any atom is 0.263 e. The number of hydrogen-bond acceptors (Lipinski definition) is 5. The van der Waals surface area contributed by atoms with E-state index < -0.39 is 6.10 Å². The highest BCUT2D eigenvalue weighted by Crippen LogP contribution is 2.26. The molecule has 1 aliphatic rings. The minimum Gasteiger partial charge on any atom is -0.481 e. The number of carbonyl (C=O) groups is 1. The fourth-order valence-corrected chi connectivity index (χ4v) is 3.65. The summed E-state index contributed by atoms with van der Waals surface area (Å²) in [6, 6.07) is 15.7. The van der Waals surface area contributed by atoms with Gasteiger partial charge >= 0.3 is 0 Å². The van der Waals surface area contributed by atoms with Gasteiger partial charge in [0.25, 0.3) is 5.91 Å². The number of nitrogens with zero attached hydrogens (tertiary/aromatic N) is 3. The van der Waals surface area contributed by atoms with E-state index in [9.17, 15) is 4.79 Å². The SMILES string of the molecule is CC(Oc1ccc2c(c1)CCCC2)C(=O)N(C)Cc1nc(-c2ccccc2)no1. The summed E-state index contributed by atoms with van der Waals surface area (Å²) in [5, 5.41) is 4.00. The highest BCUT2D eigenvalue weighted by atomic mass is 16.5. The Labute approximate surface area is 170 Å². The van der Waals surface area contributed by atoms with Gasteiger partial charge in [0.05, 0.1) is 6.54 Å². The molecule has 0 fully saturated rings. The van der Waals surface area contributed by atoms with Crippen molar-refractivity contribution in [1.82, 2.24) is 15.0 Å². The van der Waals surface area contributed by atoms with Gasteiger partial charge in [-0.25, -0.2) is 0 Å². The molecule has 0 bridgehead atoms. The van der Waals surface area contributed by atoms with Crippen LogP contribution in [0, 0.1) is 0 Å². The van der Waals surface area contributed by atoms with Crippen molar-refractivity contribution >= 4 is 5.91 Å². The zero-order valence-corrected chi connectivity index (χ0v) is 16.8. The quantitative estimate of drug-likeness (QED) is 0.634. The lowest BCUT2D eigenvalue weighted by Crippen LogP contribution is -2.37. The van der Waals surface area contributed by atoms with Crippen molar-refractivity contribution in [2.75, 3.05) is 7.05 Å². The molecule has 1 aromatic heterocycles. The van der Waals surface area contributed by atoms with Crippen LogP contribution in [0.3, 0.4) is 0 Å². The Kier molecular flexibility index (Phi) is 5.60. The van der Waals surface area contributed by atoms with E-state index in [-0.39, 0.29) is 12.5 Å². The molecule has 6 nitrogen and oxygen atoms in total. The van der Waals surface area contributed by atoms with Gasteiger partial charge in [-0.15, -0.1) is 0 Å². The van der Waals surface area contributed by atoms with Crippen LogP contribution < -0.4 is 4.74 Å². The van der Waals surface area contributed by atoms with Crippen LogP contribution in [0.4, 0.5) is 0 Å². The number of ether oxygens (including phenoxy) is 1. The summed E-state index contributed by atoms with van der Waals surface area (Å²) in [6.45, 7) is 2.00. The van der Waals surface area contributed by atoms with Crippen molar-refractivity contribution in [1.29, 1.82) is 0 Å². The minimum absolute atomic E-state index is 0.137. The number of aromatic nitrogens is 2. The molecule has 29 heavy (non-hydrogen) atoms. The first-order valence-electron chi connectivity index (χ1n) is 10.0. The van der Waals surface area contributed by atoms with E-state index in [1.807, 2.05) is 36.4 Å². The standard InChI is InChI=1S/C23H25N3O3/c1-16(28-20-13-12-17-8-6-7-11-19(17)14-20)23(27)26(2)15-21-24-22(25-29-21)18-9-4-3-5-10-18/h3-5,9-10,12-14,16H,6-8,11,15H2,1-2H3. The molecule has 1 heterocycles. The lowest BCUT2D eigenvalue weighted by atomic mass is 9.92. The second-order valence-electron chi connectivity index (χ2n) is 7.47. The Morgan fingerprint density at radius 3 is 2.69 bits per heavy atom. The number of likely N-dealkylation sites (N-methyl/N-ethyl adjacent to an activating group) is 1. The van der Waals surface area contributed by atoms with Crippen molar-refractivity contribution in [3.05, 3.63) is 65.5 Å². The molecule has 0 saturated heterocycles. The fraction of sp³-hybridized carbons (Fsp3) is 0.348. The highest BCUT2D eigenvalue weighted by Gasteiger charge is 2.22. The molecular weight excluding hydrogens is 366 g/mol. The summed E-state index contributed by atoms with van der Waals surface area (Å²) in [5.74, 6) is 1.51. The zero-order valence-electron chi connectivity index (χ0n) is 16.8. The van der Waals surface area contributed by atoms with E-state index in [1.54, 1.807) is 18.9 Å². The number of fused-ring (bicyclic) bond motifs is 1. The average molecular weight is 391 g/mol. The van der Waals surface area contributed by atoms with Gasteiger partial charge in [-0.1, -0.05) is 41.6 Å².